The van der Waals surface area contributed by atoms with Crippen LogP contribution in [0.15, 0.2) is 18.7 Å². The Balaban J connectivity index is 2.40. The smallest absolute Gasteiger partial charge is 0.115 e. The van der Waals surface area contributed by atoms with E-state index in [-0.39, 0.29) is 5.54 Å². The van der Waals surface area contributed by atoms with Crippen molar-refractivity contribution >= 4 is 0 Å². The molecule has 0 spiro atoms. The number of hydrogen-bond donors (Lipinski definition) is 1. The summed E-state index contributed by atoms with van der Waals surface area (Å²) in [6.07, 6.45) is 7.64. The van der Waals surface area contributed by atoms with Gasteiger partial charge in [-0.15, -0.1) is 0 Å². The molecule has 1 heterocycles. The van der Waals surface area contributed by atoms with Crippen molar-refractivity contribution in [2.45, 2.75) is 45.7 Å². The average Bonchev–Trinajstić information content (AvgIpc) is 2.17. The average molecular weight is 193 g/mol. The molecule has 0 radical (unpaired) electrons. The normalized spacial score (nSPS) is 11.6. The highest BCUT2D eigenvalue weighted by molar-refractivity contribution is 5.02. The molecule has 0 atom stereocenters. The molecular formula is C11H19N3. The zero-order valence-electron chi connectivity index (χ0n) is 9.25. The summed E-state index contributed by atoms with van der Waals surface area (Å²) < 4.78 is 0. The summed E-state index contributed by atoms with van der Waals surface area (Å²) in [5.41, 5.74) is 1.33. The minimum absolute atomic E-state index is 0.199. The van der Waals surface area contributed by atoms with E-state index >= 15 is 0 Å². The standard InChI is InChI=1S/C11H19N3/c1-4-5-11(2,3)14-8-10-6-12-9-13-7-10/h6-7,9,14H,4-5,8H2,1-3H3. The van der Waals surface area contributed by atoms with Crippen molar-refractivity contribution in [1.82, 2.24) is 15.3 Å². The summed E-state index contributed by atoms with van der Waals surface area (Å²) in [5.74, 6) is 0. The number of hydrogen-bond acceptors (Lipinski definition) is 3. The van der Waals surface area contributed by atoms with Crippen LogP contribution in [-0.4, -0.2) is 15.5 Å². The van der Waals surface area contributed by atoms with E-state index < -0.39 is 0 Å². The third kappa shape index (κ3) is 3.83. The maximum absolute atomic E-state index is 3.98. The van der Waals surface area contributed by atoms with Gasteiger partial charge < -0.3 is 5.32 Å². The van der Waals surface area contributed by atoms with Crippen molar-refractivity contribution in [2.24, 2.45) is 0 Å². The third-order valence-electron chi connectivity index (χ3n) is 2.26. The van der Waals surface area contributed by atoms with Crippen molar-refractivity contribution in [1.29, 1.82) is 0 Å². The van der Waals surface area contributed by atoms with E-state index in [9.17, 15) is 0 Å². The molecule has 3 nitrogen and oxygen atoms in total. The second-order valence-corrected chi connectivity index (χ2v) is 4.23. The van der Waals surface area contributed by atoms with Crippen LogP contribution >= 0.6 is 0 Å². The Hall–Kier alpha value is -0.960. The maximum atomic E-state index is 3.98. The van der Waals surface area contributed by atoms with Gasteiger partial charge in [-0.2, -0.15) is 0 Å². The molecule has 0 aliphatic rings. The van der Waals surface area contributed by atoms with Crippen molar-refractivity contribution in [3.63, 3.8) is 0 Å². The lowest BCUT2D eigenvalue weighted by Crippen LogP contribution is -2.38. The van der Waals surface area contributed by atoms with Crippen LogP contribution in [0.4, 0.5) is 0 Å². The highest BCUT2D eigenvalue weighted by Gasteiger charge is 2.14. The predicted octanol–water partition coefficient (Wildman–Crippen LogP) is 2.14. The molecule has 14 heavy (non-hydrogen) atoms. The van der Waals surface area contributed by atoms with E-state index in [1.54, 1.807) is 6.33 Å². The third-order valence-corrected chi connectivity index (χ3v) is 2.26. The molecule has 3 heteroatoms. The zero-order chi connectivity index (χ0) is 10.4. The first kappa shape index (κ1) is 11.1. The van der Waals surface area contributed by atoms with E-state index in [1.807, 2.05) is 12.4 Å². The van der Waals surface area contributed by atoms with Crippen LogP contribution in [0.2, 0.25) is 0 Å². The van der Waals surface area contributed by atoms with E-state index in [4.69, 9.17) is 0 Å². The van der Waals surface area contributed by atoms with Gasteiger partial charge >= 0.3 is 0 Å². The molecule has 0 aliphatic heterocycles. The Bertz CT molecular complexity index is 256. The largest absolute Gasteiger partial charge is 0.308 e. The number of aromatic nitrogens is 2. The topological polar surface area (TPSA) is 37.8 Å². The van der Waals surface area contributed by atoms with Gasteiger partial charge in [0.05, 0.1) is 0 Å². The number of nitrogens with zero attached hydrogens (tertiary/aromatic N) is 2. The molecule has 0 amide bonds. The Morgan fingerprint density at radius 3 is 2.50 bits per heavy atom. The van der Waals surface area contributed by atoms with Crippen LogP contribution in [0.3, 0.4) is 0 Å². The van der Waals surface area contributed by atoms with Gasteiger partial charge in [-0.3, -0.25) is 0 Å². The molecule has 0 aromatic carbocycles. The Morgan fingerprint density at radius 1 is 1.29 bits per heavy atom. The molecule has 0 aliphatic carbocycles. The number of nitrogens with one attached hydrogen (secondary N) is 1. The van der Waals surface area contributed by atoms with Crippen LogP contribution in [0.1, 0.15) is 39.2 Å². The van der Waals surface area contributed by atoms with Gasteiger partial charge in [-0.1, -0.05) is 13.3 Å². The monoisotopic (exact) mass is 193 g/mol. The predicted molar refractivity (Wildman–Crippen MR) is 57.9 cm³/mol. The second kappa shape index (κ2) is 5.05. The maximum Gasteiger partial charge on any atom is 0.115 e. The lowest BCUT2D eigenvalue weighted by atomic mass is 9.99. The van der Waals surface area contributed by atoms with E-state index in [0.717, 1.165) is 12.1 Å². The van der Waals surface area contributed by atoms with Crippen LogP contribution in [0, 0.1) is 0 Å². The molecule has 0 unspecified atom stereocenters. The Labute approximate surface area is 86.0 Å². The summed E-state index contributed by atoms with van der Waals surface area (Å²) in [7, 11) is 0. The highest BCUT2D eigenvalue weighted by atomic mass is 15.0. The van der Waals surface area contributed by atoms with Gasteiger partial charge in [0.2, 0.25) is 0 Å². The first-order valence-electron chi connectivity index (χ1n) is 5.13. The molecule has 1 aromatic rings. The molecule has 0 bridgehead atoms. The fraction of sp³-hybridized carbons (Fsp3) is 0.636. The van der Waals surface area contributed by atoms with Crippen LogP contribution in [-0.2, 0) is 6.54 Å². The van der Waals surface area contributed by atoms with Crippen LogP contribution in [0.25, 0.3) is 0 Å². The molecule has 0 saturated heterocycles. The zero-order valence-corrected chi connectivity index (χ0v) is 9.25. The molecule has 0 fully saturated rings. The van der Waals surface area contributed by atoms with Gasteiger partial charge in [0.1, 0.15) is 6.33 Å². The van der Waals surface area contributed by atoms with Gasteiger partial charge in [0.25, 0.3) is 0 Å². The van der Waals surface area contributed by atoms with Crippen molar-refractivity contribution in [2.75, 3.05) is 0 Å². The summed E-state index contributed by atoms with van der Waals surface area (Å²) in [6, 6.07) is 0. The minimum Gasteiger partial charge on any atom is -0.308 e. The minimum atomic E-state index is 0.199. The Kier molecular flexibility index (Phi) is 4.01. The fourth-order valence-electron chi connectivity index (χ4n) is 1.48. The molecule has 78 valence electrons. The van der Waals surface area contributed by atoms with Crippen LogP contribution in [0.5, 0.6) is 0 Å². The van der Waals surface area contributed by atoms with Crippen molar-refractivity contribution in [3.8, 4) is 0 Å². The van der Waals surface area contributed by atoms with E-state index in [1.165, 1.54) is 12.8 Å². The molecular weight excluding hydrogens is 174 g/mol. The van der Waals surface area contributed by atoms with Gasteiger partial charge in [-0.05, 0) is 20.3 Å². The Morgan fingerprint density at radius 2 is 1.93 bits per heavy atom. The van der Waals surface area contributed by atoms with E-state index in [0.29, 0.717) is 0 Å². The van der Waals surface area contributed by atoms with Gasteiger partial charge in [0, 0.05) is 30.0 Å². The summed E-state index contributed by atoms with van der Waals surface area (Å²) in [4.78, 5) is 7.96. The van der Waals surface area contributed by atoms with E-state index in [2.05, 4.69) is 36.1 Å². The molecule has 1 N–H and O–H groups in total. The first-order valence-corrected chi connectivity index (χ1v) is 5.13. The summed E-state index contributed by atoms with van der Waals surface area (Å²) in [6.45, 7) is 7.49. The second-order valence-electron chi connectivity index (χ2n) is 4.23. The molecule has 0 saturated carbocycles. The van der Waals surface area contributed by atoms with Crippen molar-refractivity contribution < 1.29 is 0 Å². The summed E-state index contributed by atoms with van der Waals surface area (Å²) in [5, 5.41) is 3.50. The molecule has 1 rings (SSSR count). The van der Waals surface area contributed by atoms with Crippen molar-refractivity contribution in [3.05, 3.63) is 24.3 Å². The molecule has 1 aromatic heterocycles. The lowest BCUT2D eigenvalue weighted by molar-refractivity contribution is 0.356. The lowest BCUT2D eigenvalue weighted by Gasteiger charge is -2.25. The highest BCUT2D eigenvalue weighted by Crippen LogP contribution is 2.11. The summed E-state index contributed by atoms with van der Waals surface area (Å²) >= 11 is 0. The van der Waals surface area contributed by atoms with Crippen LogP contribution < -0.4 is 5.32 Å². The van der Waals surface area contributed by atoms with Gasteiger partial charge in [-0.25, -0.2) is 9.97 Å². The fourth-order valence-corrected chi connectivity index (χ4v) is 1.48. The quantitative estimate of drug-likeness (QED) is 0.778. The van der Waals surface area contributed by atoms with Gasteiger partial charge in [0.15, 0.2) is 0 Å². The first-order chi connectivity index (χ1) is 6.64. The SMILES string of the molecule is CCCC(C)(C)NCc1cncnc1. The number of rotatable bonds is 5.